The molecular weight excluding hydrogens is 428 g/mol. The second-order valence-electron chi connectivity index (χ2n) is 7.49. The zero-order chi connectivity index (χ0) is 22.3. The fourth-order valence-corrected chi connectivity index (χ4v) is 4.32. The molecular formula is C20H22N2O8S. The van der Waals surface area contributed by atoms with Crippen molar-refractivity contribution < 1.29 is 36.5 Å². The number of benzene rings is 1. The fraction of sp³-hybridized carbons (Fsp3) is 0.450. The number of ether oxygens (including phenoxy) is 2. The van der Waals surface area contributed by atoms with Crippen molar-refractivity contribution >= 4 is 44.6 Å². The first-order chi connectivity index (χ1) is 14.7. The van der Waals surface area contributed by atoms with Gasteiger partial charge in [-0.2, -0.15) is 8.42 Å². The summed E-state index contributed by atoms with van der Waals surface area (Å²) in [5.74, 6) is -1.59. The molecule has 1 unspecified atom stereocenters. The van der Waals surface area contributed by atoms with Crippen LogP contribution in [0.1, 0.15) is 23.8 Å². The molecule has 1 fully saturated rings. The number of hydrogen-bond donors (Lipinski definition) is 0. The summed E-state index contributed by atoms with van der Waals surface area (Å²) in [4.78, 5) is 38.6. The van der Waals surface area contributed by atoms with Gasteiger partial charge in [-0.25, -0.2) is 4.79 Å². The molecule has 1 saturated heterocycles. The van der Waals surface area contributed by atoms with Crippen molar-refractivity contribution in [1.82, 2.24) is 4.57 Å². The van der Waals surface area contributed by atoms with Gasteiger partial charge >= 0.3 is 12.1 Å². The SMILES string of the molecule is CCOC(=O)C1CCn2c(cc3cc(N4C[C@H](COS(C)(=O)=O)OC4=O)ccc32)C1=O. The predicted molar refractivity (Wildman–Crippen MR) is 109 cm³/mol. The lowest BCUT2D eigenvalue weighted by Gasteiger charge is -2.22. The van der Waals surface area contributed by atoms with Crippen LogP contribution in [0.25, 0.3) is 10.9 Å². The molecule has 4 rings (SSSR count). The van der Waals surface area contributed by atoms with E-state index >= 15 is 0 Å². The molecule has 11 heteroatoms. The van der Waals surface area contributed by atoms with Crippen LogP contribution in [0, 0.1) is 5.92 Å². The second-order valence-corrected chi connectivity index (χ2v) is 9.13. The van der Waals surface area contributed by atoms with Crippen LogP contribution in [0.15, 0.2) is 24.3 Å². The molecule has 0 bridgehead atoms. The Labute approximate surface area is 178 Å². The Hall–Kier alpha value is -2.92. The van der Waals surface area contributed by atoms with Crippen molar-refractivity contribution in [3.8, 4) is 0 Å². The van der Waals surface area contributed by atoms with E-state index in [0.29, 0.717) is 24.3 Å². The average molecular weight is 450 g/mol. The fourth-order valence-electron chi connectivity index (χ4n) is 3.93. The van der Waals surface area contributed by atoms with Gasteiger partial charge in [0.15, 0.2) is 5.78 Å². The van der Waals surface area contributed by atoms with Crippen LogP contribution in [-0.4, -0.2) is 62.9 Å². The highest BCUT2D eigenvalue weighted by molar-refractivity contribution is 7.85. The topological polar surface area (TPSA) is 121 Å². The smallest absolute Gasteiger partial charge is 0.414 e. The first-order valence-corrected chi connectivity index (χ1v) is 11.7. The Morgan fingerprint density at radius 1 is 1.26 bits per heavy atom. The van der Waals surface area contributed by atoms with Gasteiger partial charge in [0.05, 0.1) is 25.1 Å². The third-order valence-corrected chi connectivity index (χ3v) is 5.88. The van der Waals surface area contributed by atoms with Crippen LogP contribution in [0.3, 0.4) is 0 Å². The summed E-state index contributed by atoms with van der Waals surface area (Å²) >= 11 is 0. The third-order valence-electron chi connectivity index (χ3n) is 5.32. The van der Waals surface area contributed by atoms with Gasteiger partial charge in [0.25, 0.3) is 10.1 Å². The lowest BCUT2D eigenvalue weighted by atomic mass is 9.95. The summed E-state index contributed by atoms with van der Waals surface area (Å²) in [6, 6.07) is 7.00. The number of aryl methyl sites for hydroxylation is 1. The van der Waals surface area contributed by atoms with E-state index in [9.17, 15) is 22.8 Å². The van der Waals surface area contributed by atoms with Crippen LogP contribution in [0.5, 0.6) is 0 Å². The monoisotopic (exact) mass is 450 g/mol. The average Bonchev–Trinajstić information content (AvgIpc) is 3.26. The second kappa shape index (κ2) is 7.97. The molecule has 0 radical (unpaired) electrons. The maximum absolute atomic E-state index is 12.8. The Morgan fingerprint density at radius 2 is 2.03 bits per heavy atom. The minimum atomic E-state index is -3.64. The van der Waals surface area contributed by atoms with Gasteiger partial charge in [0, 0.05) is 23.1 Å². The number of Topliss-reactive ketones (excluding diaryl/α,β-unsaturated/α-hetero) is 1. The molecule has 0 N–H and O–H groups in total. The molecule has 2 aliphatic rings. The molecule has 31 heavy (non-hydrogen) atoms. The van der Waals surface area contributed by atoms with E-state index in [1.54, 1.807) is 31.2 Å². The van der Waals surface area contributed by atoms with Gasteiger partial charge in [0.1, 0.15) is 18.6 Å². The quantitative estimate of drug-likeness (QED) is 0.370. The van der Waals surface area contributed by atoms with E-state index in [-0.39, 0.29) is 25.5 Å². The maximum Gasteiger partial charge on any atom is 0.414 e. The molecule has 2 aliphatic heterocycles. The zero-order valence-electron chi connectivity index (χ0n) is 17.1. The van der Waals surface area contributed by atoms with E-state index in [4.69, 9.17) is 13.7 Å². The van der Waals surface area contributed by atoms with E-state index < -0.39 is 34.2 Å². The molecule has 10 nitrogen and oxygen atoms in total. The summed E-state index contributed by atoms with van der Waals surface area (Å²) in [5, 5.41) is 0.744. The van der Waals surface area contributed by atoms with Crippen molar-refractivity contribution in [1.29, 1.82) is 0 Å². The van der Waals surface area contributed by atoms with Crippen molar-refractivity contribution in [3.63, 3.8) is 0 Å². The highest BCUT2D eigenvalue weighted by Crippen LogP contribution is 2.32. The number of esters is 1. The minimum absolute atomic E-state index is 0.136. The Morgan fingerprint density at radius 3 is 2.74 bits per heavy atom. The molecule has 0 spiro atoms. The standard InChI is InChI=1S/C20H22N2O8S/c1-3-28-19(24)15-6-7-21-16-5-4-13(8-12(16)9-17(21)18(15)23)22-10-14(30-20(22)25)11-29-31(2,26)27/h4-5,8-9,14-15H,3,6-7,10-11H2,1-2H3/t14-,15?/m1/s1. The summed E-state index contributed by atoms with van der Waals surface area (Å²) < 4.78 is 39.1. The molecule has 2 aromatic rings. The summed E-state index contributed by atoms with van der Waals surface area (Å²) in [5.41, 5.74) is 1.80. The Bertz CT molecular complexity index is 1170. The minimum Gasteiger partial charge on any atom is -0.465 e. The van der Waals surface area contributed by atoms with Crippen LogP contribution >= 0.6 is 0 Å². The van der Waals surface area contributed by atoms with Crippen molar-refractivity contribution in [2.75, 3.05) is 30.9 Å². The first kappa shape index (κ1) is 21.3. The van der Waals surface area contributed by atoms with Crippen molar-refractivity contribution in [2.24, 2.45) is 5.92 Å². The lowest BCUT2D eigenvalue weighted by molar-refractivity contribution is -0.146. The third kappa shape index (κ3) is 4.15. The maximum atomic E-state index is 12.8. The predicted octanol–water partition coefficient (Wildman–Crippen LogP) is 1.71. The van der Waals surface area contributed by atoms with E-state index in [2.05, 4.69) is 0 Å². The molecule has 0 saturated carbocycles. The van der Waals surface area contributed by atoms with Gasteiger partial charge in [-0.15, -0.1) is 0 Å². The zero-order valence-corrected chi connectivity index (χ0v) is 17.9. The van der Waals surface area contributed by atoms with Crippen LogP contribution in [0.2, 0.25) is 0 Å². The van der Waals surface area contributed by atoms with Gasteiger partial charge in [0.2, 0.25) is 0 Å². The van der Waals surface area contributed by atoms with Gasteiger partial charge in [-0.1, -0.05) is 0 Å². The number of nitrogens with zero attached hydrogens (tertiary/aromatic N) is 2. The first-order valence-electron chi connectivity index (χ1n) is 9.84. The van der Waals surface area contributed by atoms with Crippen LogP contribution in [0.4, 0.5) is 10.5 Å². The highest BCUT2D eigenvalue weighted by Gasteiger charge is 2.36. The van der Waals surface area contributed by atoms with Gasteiger partial charge < -0.3 is 14.0 Å². The van der Waals surface area contributed by atoms with Crippen LogP contribution < -0.4 is 4.90 Å². The van der Waals surface area contributed by atoms with Crippen molar-refractivity contribution in [3.05, 3.63) is 30.0 Å². The molecule has 1 aromatic carbocycles. The number of aromatic nitrogens is 1. The highest BCUT2D eigenvalue weighted by atomic mass is 32.2. The number of hydrogen-bond acceptors (Lipinski definition) is 8. The number of cyclic esters (lactones) is 1. The van der Waals surface area contributed by atoms with E-state index in [1.165, 1.54) is 4.90 Å². The van der Waals surface area contributed by atoms with Crippen molar-refractivity contribution in [2.45, 2.75) is 26.0 Å². The lowest BCUT2D eigenvalue weighted by Crippen LogP contribution is -2.33. The van der Waals surface area contributed by atoms with Crippen LogP contribution in [-0.2, 0) is 35.1 Å². The molecule has 3 heterocycles. The van der Waals surface area contributed by atoms with Gasteiger partial charge in [-0.3, -0.25) is 18.7 Å². The number of ketones is 1. The summed E-state index contributed by atoms with van der Waals surface area (Å²) in [7, 11) is -3.64. The molecule has 166 valence electrons. The normalized spacial score (nSPS) is 21.3. The summed E-state index contributed by atoms with van der Waals surface area (Å²) in [6.45, 7) is 2.30. The molecule has 0 aliphatic carbocycles. The van der Waals surface area contributed by atoms with Gasteiger partial charge in [-0.05, 0) is 37.6 Å². The molecule has 1 aromatic heterocycles. The number of carbonyl (C=O) groups is 3. The summed E-state index contributed by atoms with van der Waals surface area (Å²) in [6.07, 6.45) is -0.0228. The number of fused-ring (bicyclic) bond motifs is 3. The van der Waals surface area contributed by atoms with E-state index in [1.807, 2.05) is 4.57 Å². The number of carbonyl (C=O) groups excluding carboxylic acids is 3. The number of amides is 1. The molecule has 2 atom stereocenters. The largest absolute Gasteiger partial charge is 0.465 e. The number of rotatable bonds is 6. The Balaban J connectivity index is 1.57. The van der Waals surface area contributed by atoms with E-state index in [0.717, 1.165) is 17.2 Å². The number of anilines is 1. The molecule has 1 amide bonds. The Kier molecular flexibility index (Phi) is 5.48.